The largest absolute Gasteiger partial charge is 0.496 e. The van der Waals surface area contributed by atoms with E-state index < -0.39 is 0 Å². The predicted octanol–water partition coefficient (Wildman–Crippen LogP) is 1.05. The highest BCUT2D eigenvalue weighted by atomic mass is 16.5. The minimum absolute atomic E-state index is 0.102. The van der Waals surface area contributed by atoms with Gasteiger partial charge in [0, 0.05) is 37.6 Å². The van der Waals surface area contributed by atoms with Crippen molar-refractivity contribution in [3.8, 4) is 5.75 Å². The normalized spacial score (nSPS) is 20.0. The maximum absolute atomic E-state index is 12.9. The zero-order chi connectivity index (χ0) is 20.2. The first-order valence-corrected chi connectivity index (χ1v) is 10.1. The Kier molecular flexibility index (Phi) is 5.80. The summed E-state index contributed by atoms with van der Waals surface area (Å²) in [6.07, 6.45) is 5.60. The van der Waals surface area contributed by atoms with Crippen LogP contribution in [-0.2, 0) is 17.8 Å². The molecule has 0 spiro atoms. The molecule has 2 fully saturated rings. The second-order valence-corrected chi connectivity index (χ2v) is 7.73. The lowest BCUT2D eigenvalue weighted by atomic mass is 9.96. The third-order valence-electron chi connectivity index (χ3n) is 5.66. The van der Waals surface area contributed by atoms with Gasteiger partial charge in [-0.15, -0.1) is 0 Å². The van der Waals surface area contributed by atoms with Crippen molar-refractivity contribution in [3.05, 3.63) is 47.5 Å². The highest BCUT2D eigenvalue weighted by Crippen LogP contribution is 2.28. The zero-order valence-corrected chi connectivity index (χ0v) is 16.7. The summed E-state index contributed by atoms with van der Waals surface area (Å²) >= 11 is 0. The topological polar surface area (TPSA) is 90.6 Å². The van der Waals surface area contributed by atoms with Crippen molar-refractivity contribution in [1.82, 2.24) is 25.1 Å². The second-order valence-electron chi connectivity index (χ2n) is 7.73. The molecule has 1 unspecified atom stereocenters. The van der Waals surface area contributed by atoms with Gasteiger partial charge < -0.3 is 19.9 Å². The van der Waals surface area contributed by atoms with Crippen LogP contribution in [0.25, 0.3) is 0 Å². The van der Waals surface area contributed by atoms with E-state index in [4.69, 9.17) is 4.74 Å². The smallest absolute Gasteiger partial charge is 0.254 e. The Balaban J connectivity index is 1.43. The molecule has 2 N–H and O–H groups in total. The number of ether oxygens (including phenoxy) is 1. The Hall–Kier alpha value is -2.87. The van der Waals surface area contributed by atoms with E-state index in [0.717, 1.165) is 49.6 Å². The number of benzene rings is 1. The average molecular weight is 397 g/mol. The molecule has 154 valence electrons. The van der Waals surface area contributed by atoms with Crippen molar-refractivity contribution >= 4 is 11.8 Å². The van der Waals surface area contributed by atoms with Gasteiger partial charge in [0.1, 0.15) is 11.6 Å². The highest BCUT2D eigenvalue weighted by Gasteiger charge is 2.26. The third-order valence-corrected chi connectivity index (χ3v) is 5.66. The molecule has 3 heterocycles. The number of nitrogens with zero attached hydrogens (tertiary/aromatic N) is 3. The van der Waals surface area contributed by atoms with Crippen LogP contribution in [-0.4, -0.2) is 71.4 Å². The number of amides is 2. The molecule has 29 heavy (non-hydrogen) atoms. The van der Waals surface area contributed by atoms with Crippen molar-refractivity contribution in [3.63, 3.8) is 0 Å². The quantitative estimate of drug-likeness (QED) is 0.761. The van der Waals surface area contributed by atoms with Crippen LogP contribution < -0.4 is 10.1 Å². The fourth-order valence-corrected chi connectivity index (χ4v) is 4.20. The van der Waals surface area contributed by atoms with E-state index in [-0.39, 0.29) is 18.4 Å². The van der Waals surface area contributed by atoms with E-state index in [1.54, 1.807) is 24.3 Å². The van der Waals surface area contributed by atoms with Gasteiger partial charge in [0.2, 0.25) is 5.91 Å². The molecule has 4 rings (SSSR count). The summed E-state index contributed by atoms with van der Waals surface area (Å²) < 4.78 is 5.55. The molecule has 1 aromatic carbocycles. The summed E-state index contributed by atoms with van der Waals surface area (Å²) in [5.41, 5.74) is 1.66. The highest BCUT2D eigenvalue weighted by molar-refractivity contribution is 5.97. The van der Waals surface area contributed by atoms with Gasteiger partial charge in [-0.3, -0.25) is 14.5 Å². The summed E-state index contributed by atoms with van der Waals surface area (Å²) in [6, 6.07) is 5.58. The maximum atomic E-state index is 12.9. The number of rotatable bonds is 6. The van der Waals surface area contributed by atoms with Gasteiger partial charge in [-0.2, -0.15) is 0 Å². The first-order chi connectivity index (χ1) is 14.1. The number of H-pyrrole nitrogens is 1. The maximum Gasteiger partial charge on any atom is 0.254 e. The second kappa shape index (κ2) is 8.65. The third kappa shape index (κ3) is 4.59. The Bertz CT molecular complexity index is 867. The average Bonchev–Trinajstić information content (AvgIpc) is 3.40. The summed E-state index contributed by atoms with van der Waals surface area (Å²) in [7, 11) is 1.66. The number of carbonyl (C=O) groups is 2. The first-order valence-electron chi connectivity index (χ1n) is 10.1. The van der Waals surface area contributed by atoms with Crippen molar-refractivity contribution < 1.29 is 14.3 Å². The van der Waals surface area contributed by atoms with Gasteiger partial charge in [0.15, 0.2) is 0 Å². The number of likely N-dealkylation sites (tertiary alicyclic amines) is 1. The Morgan fingerprint density at radius 1 is 1.34 bits per heavy atom. The Labute approximate surface area is 170 Å². The number of hydrogen-bond acceptors (Lipinski definition) is 5. The van der Waals surface area contributed by atoms with Crippen LogP contribution in [0.5, 0.6) is 5.75 Å². The first kappa shape index (κ1) is 19.4. The predicted molar refractivity (Wildman–Crippen MR) is 108 cm³/mol. The monoisotopic (exact) mass is 397 g/mol. The Morgan fingerprint density at radius 3 is 3.00 bits per heavy atom. The van der Waals surface area contributed by atoms with Gasteiger partial charge in [-0.25, -0.2) is 4.98 Å². The molecule has 2 aliphatic rings. The van der Waals surface area contributed by atoms with Gasteiger partial charge >= 0.3 is 0 Å². The summed E-state index contributed by atoms with van der Waals surface area (Å²) in [5, 5.41) is 2.75. The number of aromatic amines is 1. The van der Waals surface area contributed by atoms with Crippen LogP contribution >= 0.6 is 0 Å². The molecule has 0 saturated carbocycles. The SMILES string of the molecule is COc1ccc(C(=O)N2CCNC(=O)C2)cc1CC1CCN(Cc2ncc[nH]2)C1. The van der Waals surface area contributed by atoms with Crippen LogP contribution in [0.4, 0.5) is 0 Å². The van der Waals surface area contributed by atoms with E-state index in [9.17, 15) is 9.59 Å². The fourth-order valence-electron chi connectivity index (χ4n) is 4.20. The Morgan fingerprint density at radius 2 is 2.24 bits per heavy atom. The van der Waals surface area contributed by atoms with Gasteiger partial charge in [0.05, 0.1) is 20.2 Å². The minimum Gasteiger partial charge on any atom is -0.496 e. The van der Waals surface area contributed by atoms with Crippen LogP contribution in [0.3, 0.4) is 0 Å². The van der Waals surface area contributed by atoms with Crippen LogP contribution in [0.2, 0.25) is 0 Å². The van der Waals surface area contributed by atoms with Gasteiger partial charge in [-0.05, 0) is 49.1 Å². The minimum atomic E-state index is -0.110. The molecular weight excluding hydrogens is 370 g/mol. The summed E-state index contributed by atoms with van der Waals surface area (Å²) in [4.78, 5) is 35.9. The summed E-state index contributed by atoms with van der Waals surface area (Å²) in [6.45, 7) is 4.02. The lowest BCUT2D eigenvalue weighted by Crippen LogP contribution is -2.49. The lowest BCUT2D eigenvalue weighted by Gasteiger charge is -2.27. The van der Waals surface area contributed by atoms with Crippen LogP contribution in [0.15, 0.2) is 30.6 Å². The molecule has 0 radical (unpaired) electrons. The number of methoxy groups -OCH3 is 1. The van der Waals surface area contributed by atoms with Crippen molar-refractivity contribution in [2.45, 2.75) is 19.4 Å². The van der Waals surface area contributed by atoms with E-state index in [1.807, 2.05) is 18.3 Å². The summed E-state index contributed by atoms with van der Waals surface area (Å²) in [5.74, 6) is 2.09. The number of nitrogens with one attached hydrogen (secondary N) is 2. The molecule has 2 aliphatic heterocycles. The van der Waals surface area contributed by atoms with Crippen molar-refractivity contribution in [2.24, 2.45) is 5.92 Å². The fraction of sp³-hybridized carbons (Fsp3) is 0.476. The molecule has 2 saturated heterocycles. The molecule has 8 heteroatoms. The standard InChI is InChI=1S/C21H27N5O3/c1-29-18-3-2-16(21(28)26-9-7-24-20(27)14-26)11-17(18)10-15-4-8-25(12-15)13-19-22-5-6-23-19/h2-3,5-6,11,15H,4,7-10,12-14H2,1H3,(H,22,23)(H,24,27). The molecule has 2 amide bonds. The van der Waals surface area contributed by atoms with Crippen molar-refractivity contribution in [2.75, 3.05) is 39.8 Å². The molecule has 1 aromatic heterocycles. The van der Waals surface area contributed by atoms with Crippen molar-refractivity contribution in [1.29, 1.82) is 0 Å². The van der Waals surface area contributed by atoms with E-state index in [1.165, 1.54) is 0 Å². The van der Waals surface area contributed by atoms with E-state index >= 15 is 0 Å². The number of aromatic nitrogens is 2. The number of piperazine rings is 1. The lowest BCUT2D eigenvalue weighted by molar-refractivity contribution is -0.123. The molecule has 0 bridgehead atoms. The molecule has 1 atom stereocenters. The molecule has 0 aliphatic carbocycles. The number of hydrogen-bond donors (Lipinski definition) is 2. The van der Waals surface area contributed by atoms with Gasteiger partial charge in [0.25, 0.3) is 5.91 Å². The van der Waals surface area contributed by atoms with Gasteiger partial charge in [-0.1, -0.05) is 0 Å². The van der Waals surface area contributed by atoms with E-state index in [2.05, 4.69) is 20.2 Å². The zero-order valence-electron chi connectivity index (χ0n) is 16.7. The number of imidazole rings is 1. The van der Waals surface area contributed by atoms with Crippen LogP contribution in [0, 0.1) is 5.92 Å². The number of carbonyl (C=O) groups excluding carboxylic acids is 2. The van der Waals surface area contributed by atoms with E-state index in [0.29, 0.717) is 24.6 Å². The van der Waals surface area contributed by atoms with Crippen LogP contribution in [0.1, 0.15) is 28.2 Å². The molecule has 8 nitrogen and oxygen atoms in total. The molecular formula is C21H27N5O3. The molecule has 2 aromatic rings.